The number of aliphatic hydroxyl groups excluding tert-OH is 1. The fourth-order valence-electron chi connectivity index (χ4n) is 1.24. The highest BCUT2D eigenvalue weighted by Gasteiger charge is 2.01. The molecule has 1 aromatic rings. The van der Waals surface area contributed by atoms with Crippen LogP contribution < -0.4 is 5.56 Å². The number of aryl methyl sites for hydroxylation is 1. The van der Waals surface area contributed by atoms with Crippen LogP contribution in [0.4, 0.5) is 0 Å². The van der Waals surface area contributed by atoms with Crippen molar-refractivity contribution in [3.05, 3.63) is 28.7 Å². The molecule has 0 aliphatic heterocycles. The van der Waals surface area contributed by atoms with Crippen molar-refractivity contribution >= 4 is 0 Å². The quantitative estimate of drug-likeness (QED) is 0.757. The van der Waals surface area contributed by atoms with E-state index >= 15 is 0 Å². The first-order valence-corrected chi connectivity index (χ1v) is 4.94. The van der Waals surface area contributed by atoms with Crippen molar-refractivity contribution in [1.29, 1.82) is 0 Å². The third-order valence-corrected chi connectivity index (χ3v) is 2.16. The molecule has 0 radical (unpaired) electrons. The molecule has 1 atom stereocenters. The zero-order chi connectivity index (χ0) is 10.4. The molecular weight excluding hydrogens is 180 g/mol. The summed E-state index contributed by atoms with van der Waals surface area (Å²) in [7, 11) is 0. The Hall–Kier alpha value is -1.16. The number of rotatable bonds is 5. The maximum atomic E-state index is 11.2. The van der Waals surface area contributed by atoms with E-state index in [2.05, 4.69) is 5.10 Å². The Morgan fingerprint density at radius 2 is 2.43 bits per heavy atom. The summed E-state index contributed by atoms with van der Waals surface area (Å²) in [5.41, 5.74) is -0.0847. The van der Waals surface area contributed by atoms with Crippen LogP contribution in [-0.4, -0.2) is 21.0 Å². The number of aliphatic hydroxyl groups is 1. The van der Waals surface area contributed by atoms with E-state index in [0.29, 0.717) is 6.54 Å². The number of aromatic nitrogens is 2. The van der Waals surface area contributed by atoms with Crippen LogP contribution in [0.2, 0.25) is 0 Å². The summed E-state index contributed by atoms with van der Waals surface area (Å²) in [6.45, 7) is 2.52. The second kappa shape index (κ2) is 5.54. The zero-order valence-corrected chi connectivity index (χ0v) is 8.39. The zero-order valence-electron chi connectivity index (χ0n) is 8.39. The van der Waals surface area contributed by atoms with Crippen LogP contribution in [0.3, 0.4) is 0 Å². The average molecular weight is 196 g/mol. The van der Waals surface area contributed by atoms with Gasteiger partial charge in [0, 0.05) is 18.8 Å². The molecule has 14 heavy (non-hydrogen) atoms. The molecule has 0 amide bonds. The average Bonchev–Trinajstić information content (AvgIpc) is 2.20. The predicted molar refractivity (Wildman–Crippen MR) is 54.0 cm³/mol. The molecule has 1 heterocycles. The first-order valence-electron chi connectivity index (χ1n) is 4.94. The molecule has 0 saturated heterocycles. The van der Waals surface area contributed by atoms with Crippen LogP contribution in [0.5, 0.6) is 0 Å². The van der Waals surface area contributed by atoms with E-state index in [0.717, 1.165) is 19.3 Å². The Morgan fingerprint density at radius 3 is 3.07 bits per heavy atom. The lowest BCUT2D eigenvalue weighted by molar-refractivity contribution is 0.155. The monoisotopic (exact) mass is 196 g/mol. The molecule has 1 aromatic heterocycles. The minimum atomic E-state index is -0.255. The van der Waals surface area contributed by atoms with E-state index in [1.165, 1.54) is 10.7 Å². The van der Waals surface area contributed by atoms with Gasteiger partial charge in [-0.3, -0.25) is 4.79 Å². The van der Waals surface area contributed by atoms with Crippen LogP contribution in [-0.2, 0) is 6.54 Å². The SMILES string of the molecule is CCC(O)CCCn1ncccc1=O. The molecule has 0 aliphatic carbocycles. The maximum absolute atomic E-state index is 11.2. The van der Waals surface area contributed by atoms with Gasteiger partial charge >= 0.3 is 0 Å². The lowest BCUT2D eigenvalue weighted by Crippen LogP contribution is -2.21. The molecule has 1 unspecified atom stereocenters. The lowest BCUT2D eigenvalue weighted by Gasteiger charge is -2.07. The highest BCUT2D eigenvalue weighted by atomic mass is 16.3. The van der Waals surface area contributed by atoms with Gasteiger partial charge in [0.15, 0.2) is 0 Å². The van der Waals surface area contributed by atoms with Gasteiger partial charge in [0.2, 0.25) is 0 Å². The lowest BCUT2D eigenvalue weighted by atomic mass is 10.1. The Morgan fingerprint density at radius 1 is 1.64 bits per heavy atom. The van der Waals surface area contributed by atoms with Gasteiger partial charge in [0.1, 0.15) is 0 Å². The van der Waals surface area contributed by atoms with Crippen LogP contribution >= 0.6 is 0 Å². The van der Waals surface area contributed by atoms with E-state index in [1.807, 2.05) is 6.92 Å². The molecule has 78 valence electrons. The van der Waals surface area contributed by atoms with E-state index < -0.39 is 0 Å². The maximum Gasteiger partial charge on any atom is 0.266 e. The van der Waals surface area contributed by atoms with E-state index in [4.69, 9.17) is 0 Å². The Kier molecular flexibility index (Phi) is 4.32. The van der Waals surface area contributed by atoms with Crippen molar-refractivity contribution in [3.63, 3.8) is 0 Å². The number of nitrogens with zero attached hydrogens (tertiary/aromatic N) is 2. The highest BCUT2D eigenvalue weighted by molar-refractivity contribution is 4.84. The molecule has 4 heteroatoms. The smallest absolute Gasteiger partial charge is 0.266 e. The molecule has 0 saturated carbocycles. The van der Waals surface area contributed by atoms with Crippen molar-refractivity contribution in [2.45, 2.75) is 38.8 Å². The van der Waals surface area contributed by atoms with Gasteiger partial charge in [-0.2, -0.15) is 5.10 Å². The highest BCUT2D eigenvalue weighted by Crippen LogP contribution is 2.01. The van der Waals surface area contributed by atoms with E-state index in [9.17, 15) is 9.90 Å². The molecular formula is C10H16N2O2. The number of hydrogen-bond acceptors (Lipinski definition) is 3. The predicted octanol–water partition coefficient (Wildman–Crippen LogP) is 0.794. The number of hydrogen-bond donors (Lipinski definition) is 1. The normalized spacial score (nSPS) is 12.7. The molecule has 0 bridgehead atoms. The van der Waals surface area contributed by atoms with Gasteiger partial charge in [-0.1, -0.05) is 6.92 Å². The van der Waals surface area contributed by atoms with Gasteiger partial charge in [0.25, 0.3) is 5.56 Å². The van der Waals surface area contributed by atoms with Crippen LogP contribution in [0.15, 0.2) is 23.1 Å². The van der Waals surface area contributed by atoms with Crippen molar-refractivity contribution in [1.82, 2.24) is 9.78 Å². The summed E-state index contributed by atoms with van der Waals surface area (Å²) in [6.07, 6.45) is 3.61. The summed E-state index contributed by atoms with van der Waals surface area (Å²) in [5.74, 6) is 0. The summed E-state index contributed by atoms with van der Waals surface area (Å²) >= 11 is 0. The van der Waals surface area contributed by atoms with Crippen molar-refractivity contribution in [3.8, 4) is 0 Å². The van der Waals surface area contributed by atoms with E-state index in [1.54, 1.807) is 12.3 Å². The Labute approximate surface area is 83.2 Å². The molecule has 1 rings (SSSR count). The summed E-state index contributed by atoms with van der Waals surface area (Å²) in [5, 5.41) is 13.2. The second-order valence-corrected chi connectivity index (χ2v) is 3.29. The first-order chi connectivity index (χ1) is 6.74. The minimum Gasteiger partial charge on any atom is -0.393 e. The molecule has 0 aromatic carbocycles. The Balaban J connectivity index is 2.39. The van der Waals surface area contributed by atoms with E-state index in [-0.39, 0.29) is 11.7 Å². The van der Waals surface area contributed by atoms with Gasteiger partial charge in [0.05, 0.1) is 6.10 Å². The largest absolute Gasteiger partial charge is 0.393 e. The van der Waals surface area contributed by atoms with Crippen LogP contribution in [0, 0.1) is 0 Å². The fraction of sp³-hybridized carbons (Fsp3) is 0.600. The summed E-state index contributed by atoms with van der Waals surface area (Å²) < 4.78 is 1.42. The third kappa shape index (κ3) is 3.30. The summed E-state index contributed by atoms with van der Waals surface area (Å²) in [4.78, 5) is 11.2. The first kappa shape index (κ1) is 10.9. The Bertz CT molecular complexity index is 322. The van der Waals surface area contributed by atoms with Crippen molar-refractivity contribution in [2.75, 3.05) is 0 Å². The fourth-order valence-corrected chi connectivity index (χ4v) is 1.24. The second-order valence-electron chi connectivity index (χ2n) is 3.29. The molecule has 0 fully saturated rings. The molecule has 0 aliphatic rings. The van der Waals surface area contributed by atoms with Gasteiger partial charge < -0.3 is 5.11 Å². The minimum absolute atomic E-state index is 0.0847. The van der Waals surface area contributed by atoms with Gasteiger partial charge in [-0.25, -0.2) is 4.68 Å². The standard InChI is InChI=1S/C10H16N2O2/c1-2-9(13)5-4-8-12-10(14)6-3-7-11-12/h3,6-7,9,13H,2,4-5,8H2,1H3. The topological polar surface area (TPSA) is 55.1 Å². The van der Waals surface area contributed by atoms with Gasteiger partial charge in [-0.15, -0.1) is 0 Å². The summed E-state index contributed by atoms with van der Waals surface area (Å²) in [6, 6.07) is 3.11. The molecule has 4 nitrogen and oxygen atoms in total. The van der Waals surface area contributed by atoms with Gasteiger partial charge in [-0.05, 0) is 25.3 Å². The van der Waals surface area contributed by atoms with Crippen LogP contribution in [0.25, 0.3) is 0 Å². The molecule has 1 N–H and O–H groups in total. The third-order valence-electron chi connectivity index (χ3n) is 2.16. The van der Waals surface area contributed by atoms with Crippen molar-refractivity contribution < 1.29 is 5.11 Å². The van der Waals surface area contributed by atoms with Crippen LogP contribution in [0.1, 0.15) is 26.2 Å². The van der Waals surface area contributed by atoms with Crippen molar-refractivity contribution in [2.24, 2.45) is 0 Å². The molecule has 0 spiro atoms.